The number of nitrogens with two attached hydrogens (primary N) is 1. The van der Waals surface area contributed by atoms with Crippen LogP contribution in [-0.4, -0.2) is 10.8 Å². The van der Waals surface area contributed by atoms with E-state index < -0.39 is 0 Å². The highest BCUT2D eigenvalue weighted by atomic mass is 35.5. The highest BCUT2D eigenvalue weighted by molar-refractivity contribution is 7.13. The van der Waals surface area contributed by atoms with Crippen molar-refractivity contribution >= 4 is 28.8 Å². The fraction of sp³-hybridized carbons (Fsp3) is 0.167. The molecule has 18 heavy (non-hydrogen) atoms. The topological polar surface area (TPSA) is 72.0 Å². The third kappa shape index (κ3) is 2.80. The summed E-state index contributed by atoms with van der Waals surface area (Å²) in [6, 6.07) is 7.27. The van der Waals surface area contributed by atoms with Gasteiger partial charge < -0.3 is 10.5 Å². The number of thiazole rings is 1. The molecule has 0 saturated carbocycles. The molecule has 1 heterocycles. The van der Waals surface area contributed by atoms with Crippen LogP contribution in [0.25, 0.3) is 0 Å². The zero-order valence-corrected chi connectivity index (χ0v) is 11.3. The fourth-order valence-corrected chi connectivity index (χ4v) is 2.49. The number of rotatable bonds is 4. The van der Waals surface area contributed by atoms with Crippen LogP contribution in [0.5, 0.6) is 5.75 Å². The van der Waals surface area contributed by atoms with Gasteiger partial charge in [-0.15, -0.1) is 11.3 Å². The molecule has 0 aliphatic rings. The minimum Gasteiger partial charge on any atom is -0.485 e. The molecule has 1 aromatic heterocycles. The molecule has 0 radical (unpaired) electrons. The van der Waals surface area contributed by atoms with Gasteiger partial charge in [0.1, 0.15) is 23.2 Å². The Morgan fingerprint density at radius 1 is 1.50 bits per heavy atom. The van der Waals surface area contributed by atoms with Crippen LogP contribution in [0, 0.1) is 12.3 Å². The van der Waals surface area contributed by atoms with Crippen molar-refractivity contribution in [3.05, 3.63) is 44.9 Å². The highest BCUT2D eigenvalue weighted by Gasteiger charge is 2.10. The molecule has 0 saturated heterocycles. The molecule has 94 valence electrons. The molecule has 1 aromatic carbocycles. The lowest BCUT2D eigenvalue weighted by molar-refractivity contribution is 0.305. The Kier molecular flexibility index (Phi) is 3.84. The summed E-state index contributed by atoms with van der Waals surface area (Å²) in [5, 5.41) is 8.75. The number of nitrogen functional groups attached to an aromatic ring is 1. The van der Waals surface area contributed by atoms with Crippen molar-refractivity contribution < 1.29 is 4.74 Å². The van der Waals surface area contributed by atoms with Gasteiger partial charge in [-0.3, -0.25) is 5.41 Å². The second-order valence-electron chi connectivity index (χ2n) is 3.65. The van der Waals surface area contributed by atoms with Crippen molar-refractivity contribution in [1.82, 2.24) is 4.98 Å². The average molecular weight is 282 g/mol. The van der Waals surface area contributed by atoms with Gasteiger partial charge >= 0.3 is 0 Å². The van der Waals surface area contributed by atoms with Crippen molar-refractivity contribution in [2.45, 2.75) is 13.5 Å². The fourth-order valence-electron chi connectivity index (χ4n) is 1.47. The molecule has 4 nitrogen and oxygen atoms in total. The Morgan fingerprint density at radius 3 is 2.83 bits per heavy atom. The maximum atomic E-state index is 7.41. The lowest BCUT2D eigenvalue weighted by Crippen LogP contribution is -2.10. The van der Waals surface area contributed by atoms with Gasteiger partial charge in [-0.25, -0.2) is 4.98 Å². The van der Waals surface area contributed by atoms with Crippen molar-refractivity contribution in [3.8, 4) is 5.75 Å². The standard InChI is InChI=1S/C12H12ClN3OS/c1-7-11(12(14)15)18-10(16-7)6-17-9-5-3-2-4-8(9)13/h2-5H,6H2,1H3,(H3,14,15). The largest absolute Gasteiger partial charge is 0.485 e. The van der Waals surface area contributed by atoms with E-state index in [1.807, 2.05) is 19.1 Å². The van der Waals surface area contributed by atoms with Crippen molar-refractivity contribution in [3.63, 3.8) is 0 Å². The van der Waals surface area contributed by atoms with Crippen LogP contribution in [0.4, 0.5) is 0 Å². The van der Waals surface area contributed by atoms with Crippen molar-refractivity contribution in [1.29, 1.82) is 5.41 Å². The number of ether oxygens (including phenoxy) is 1. The van der Waals surface area contributed by atoms with Crippen LogP contribution in [0.3, 0.4) is 0 Å². The number of aromatic nitrogens is 1. The van der Waals surface area contributed by atoms with Gasteiger partial charge in [-0.05, 0) is 19.1 Å². The van der Waals surface area contributed by atoms with Gasteiger partial charge in [-0.1, -0.05) is 23.7 Å². The molecular formula is C12H12ClN3OS. The second-order valence-corrected chi connectivity index (χ2v) is 5.15. The first-order valence-electron chi connectivity index (χ1n) is 5.26. The molecule has 2 rings (SSSR count). The maximum Gasteiger partial charge on any atom is 0.140 e. The Balaban J connectivity index is 2.09. The Hall–Kier alpha value is -1.59. The quantitative estimate of drug-likeness (QED) is 0.668. The van der Waals surface area contributed by atoms with E-state index in [2.05, 4.69) is 4.98 Å². The van der Waals surface area contributed by atoms with E-state index in [1.54, 1.807) is 12.1 Å². The maximum absolute atomic E-state index is 7.41. The third-order valence-electron chi connectivity index (χ3n) is 2.27. The van der Waals surface area contributed by atoms with E-state index in [9.17, 15) is 0 Å². The lowest BCUT2D eigenvalue weighted by atomic mass is 10.3. The minimum absolute atomic E-state index is 0.0361. The second kappa shape index (κ2) is 5.37. The van der Waals surface area contributed by atoms with Gasteiger partial charge in [0.15, 0.2) is 0 Å². The first kappa shape index (κ1) is 12.9. The average Bonchev–Trinajstić information content (AvgIpc) is 2.70. The molecule has 0 unspecified atom stereocenters. The lowest BCUT2D eigenvalue weighted by Gasteiger charge is -2.05. The predicted molar refractivity (Wildman–Crippen MR) is 73.7 cm³/mol. The highest BCUT2D eigenvalue weighted by Crippen LogP contribution is 2.25. The number of nitrogens with zero attached hydrogens (tertiary/aromatic N) is 1. The molecule has 0 bridgehead atoms. The van der Waals surface area contributed by atoms with Crippen molar-refractivity contribution in [2.24, 2.45) is 5.73 Å². The first-order chi connectivity index (χ1) is 8.58. The van der Waals surface area contributed by atoms with E-state index in [4.69, 9.17) is 27.5 Å². The van der Waals surface area contributed by atoms with E-state index >= 15 is 0 Å². The summed E-state index contributed by atoms with van der Waals surface area (Å²) >= 11 is 7.35. The van der Waals surface area contributed by atoms with E-state index in [0.717, 1.165) is 10.7 Å². The third-order valence-corrected chi connectivity index (χ3v) is 3.75. The molecule has 2 aromatic rings. The Bertz CT molecular complexity index is 582. The van der Waals surface area contributed by atoms with Crippen LogP contribution >= 0.6 is 22.9 Å². The number of para-hydroxylation sites is 1. The predicted octanol–water partition coefficient (Wildman–Crippen LogP) is 2.97. The number of benzene rings is 1. The van der Waals surface area contributed by atoms with Crippen LogP contribution in [0.2, 0.25) is 5.02 Å². The minimum atomic E-state index is 0.0361. The molecule has 0 fully saturated rings. The molecule has 3 N–H and O–H groups in total. The molecule has 0 spiro atoms. The van der Waals surface area contributed by atoms with Gasteiger partial charge in [0.05, 0.1) is 15.6 Å². The summed E-state index contributed by atoms with van der Waals surface area (Å²) in [7, 11) is 0. The molecular weight excluding hydrogens is 270 g/mol. The normalized spacial score (nSPS) is 10.3. The number of halogens is 1. The Labute approximate surface area is 114 Å². The monoisotopic (exact) mass is 281 g/mol. The van der Waals surface area contributed by atoms with Crippen molar-refractivity contribution in [2.75, 3.05) is 0 Å². The van der Waals surface area contributed by atoms with Crippen LogP contribution in [0.1, 0.15) is 15.6 Å². The number of hydrogen-bond donors (Lipinski definition) is 2. The number of aryl methyl sites for hydroxylation is 1. The number of nitrogens with one attached hydrogen (secondary N) is 1. The van der Waals surface area contributed by atoms with Gasteiger partial charge in [0.2, 0.25) is 0 Å². The van der Waals surface area contributed by atoms with E-state index in [0.29, 0.717) is 22.3 Å². The van der Waals surface area contributed by atoms with E-state index in [-0.39, 0.29) is 5.84 Å². The SMILES string of the molecule is Cc1nc(COc2ccccc2Cl)sc1C(=N)N. The van der Waals surface area contributed by atoms with E-state index in [1.165, 1.54) is 11.3 Å². The van der Waals surface area contributed by atoms with Crippen LogP contribution in [-0.2, 0) is 6.61 Å². The summed E-state index contributed by atoms with van der Waals surface area (Å²) in [6.45, 7) is 2.15. The van der Waals surface area contributed by atoms with Gasteiger partial charge in [0, 0.05) is 0 Å². The molecule has 0 aliphatic heterocycles. The molecule has 6 heteroatoms. The first-order valence-corrected chi connectivity index (χ1v) is 6.45. The molecule has 0 amide bonds. The zero-order chi connectivity index (χ0) is 13.1. The summed E-state index contributed by atoms with van der Waals surface area (Å²) in [5.74, 6) is 0.658. The molecule has 0 aliphatic carbocycles. The summed E-state index contributed by atoms with van der Waals surface area (Å²) in [6.07, 6.45) is 0. The number of hydrogen-bond acceptors (Lipinski definition) is 4. The van der Waals surface area contributed by atoms with Crippen LogP contribution in [0.15, 0.2) is 24.3 Å². The van der Waals surface area contributed by atoms with Gasteiger partial charge in [0.25, 0.3) is 0 Å². The molecule has 0 atom stereocenters. The Morgan fingerprint density at radius 2 is 2.22 bits per heavy atom. The summed E-state index contributed by atoms with van der Waals surface area (Å²) < 4.78 is 5.58. The summed E-state index contributed by atoms with van der Waals surface area (Å²) in [5.41, 5.74) is 6.21. The summed E-state index contributed by atoms with van der Waals surface area (Å²) in [4.78, 5) is 4.99. The van der Waals surface area contributed by atoms with Gasteiger partial charge in [-0.2, -0.15) is 0 Å². The number of amidine groups is 1. The smallest absolute Gasteiger partial charge is 0.140 e. The van der Waals surface area contributed by atoms with Crippen LogP contribution < -0.4 is 10.5 Å². The zero-order valence-electron chi connectivity index (χ0n) is 9.74.